The third-order valence-electron chi connectivity index (χ3n) is 1.64. The number of nitrogens with zero attached hydrogens (tertiary/aromatic N) is 1. The quantitative estimate of drug-likeness (QED) is 0.599. The van der Waals surface area contributed by atoms with E-state index in [4.69, 9.17) is 0 Å². The Labute approximate surface area is 92.0 Å². The minimum absolute atomic E-state index is 0.244. The van der Waals surface area contributed by atoms with Gasteiger partial charge in [-0.1, -0.05) is 0 Å². The Morgan fingerprint density at radius 2 is 2.00 bits per heavy atom. The van der Waals surface area contributed by atoms with Crippen LogP contribution in [0.5, 0.6) is 0 Å². The molecule has 3 N–H and O–H groups in total. The van der Waals surface area contributed by atoms with E-state index >= 15 is 0 Å². The minimum Gasteiger partial charge on any atom is -0.313 e. The van der Waals surface area contributed by atoms with Crippen molar-refractivity contribution in [3.8, 4) is 0 Å². The Morgan fingerprint density at radius 1 is 1.19 bits per heavy atom. The van der Waals surface area contributed by atoms with Crippen LogP contribution >= 0.6 is 11.8 Å². The second-order valence-electron chi connectivity index (χ2n) is 2.78. The number of H-pyrrole nitrogens is 3. The molecule has 0 aromatic carbocycles. The molecule has 0 aliphatic heterocycles. The molecule has 0 radical (unpaired) electrons. The van der Waals surface area contributed by atoms with Crippen LogP contribution in [-0.2, 0) is 0 Å². The van der Waals surface area contributed by atoms with Crippen LogP contribution in [0.3, 0.4) is 0 Å². The third kappa shape index (κ3) is 2.28. The van der Waals surface area contributed by atoms with Crippen LogP contribution in [-0.4, -0.2) is 19.9 Å². The first-order chi connectivity index (χ1) is 7.65. The highest BCUT2D eigenvalue weighted by atomic mass is 32.2. The van der Waals surface area contributed by atoms with Crippen molar-refractivity contribution < 1.29 is 0 Å². The van der Waals surface area contributed by atoms with E-state index < -0.39 is 11.2 Å². The fraction of sp³-hybridized carbons (Fsp3) is 0. The van der Waals surface area contributed by atoms with Crippen molar-refractivity contribution in [2.45, 2.75) is 10.1 Å². The van der Waals surface area contributed by atoms with Crippen molar-refractivity contribution in [3.63, 3.8) is 0 Å². The summed E-state index contributed by atoms with van der Waals surface area (Å²) in [5.74, 6) is 0. The third-order valence-corrected chi connectivity index (χ3v) is 2.56. The molecule has 0 fully saturated rings. The summed E-state index contributed by atoms with van der Waals surface area (Å²) in [5, 5.41) is 0.282. The van der Waals surface area contributed by atoms with Crippen LogP contribution in [0.25, 0.3) is 0 Å². The van der Waals surface area contributed by atoms with Gasteiger partial charge in [0.05, 0.1) is 4.90 Å². The average Bonchev–Trinajstić information content (AvgIpc) is 2.22. The van der Waals surface area contributed by atoms with Gasteiger partial charge in [0, 0.05) is 18.5 Å². The van der Waals surface area contributed by atoms with Crippen LogP contribution in [0.4, 0.5) is 0 Å². The molecular formula is C8H6N4O3S. The zero-order chi connectivity index (χ0) is 11.5. The highest BCUT2D eigenvalue weighted by Crippen LogP contribution is 2.17. The summed E-state index contributed by atoms with van der Waals surface area (Å²) in [6.07, 6.45) is 2.60. The Morgan fingerprint density at radius 3 is 2.69 bits per heavy atom. The molecule has 0 bridgehead atoms. The maximum Gasteiger partial charge on any atom is 0.325 e. The molecule has 2 heterocycles. The van der Waals surface area contributed by atoms with Crippen molar-refractivity contribution in [2.75, 3.05) is 0 Å². The zero-order valence-corrected chi connectivity index (χ0v) is 8.63. The van der Waals surface area contributed by atoms with E-state index in [2.05, 4.69) is 19.9 Å². The predicted octanol–water partition coefficient (Wildman–Crippen LogP) is -0.702. The number of nitrogens with one attached hydrogen (secondary N) is 3. The Balaban J connectivity index is 2.38. The molecule has 16 heavy (non-hydrogen) atoms. The highest BCUT2D eigenvalue weighted by molar-refractivity contribution is 7.99. The van der Waals surface area contributed by atoms with Crippen LogP contribution in [0.15, 0.2) is 42.9 Å². The number of aromatic nitrogens is 4. The summed E-state index contributed by atoms with van der Waals surface area (Å²) in [5.41, 5.74) is -1.41. The summed E-state index contributed by atoms with van der Waals surface area (Å²) in [6, 6.07) is 1.27. The van der Waals surface area contributed by atoms with Crippen molar-refractivity contribution >= 4 is 11.8 Å². The van der Waals surface area contributed by atoms with Gasteiger partial charge in [-0.15, -0.1) is 0 Å². The SMILES string of the molecule is O=c1ccnc(Sc2c[nH]c(=O)[nH]c2=O)[nH]1. The van der Waals surface area contributed by atoms with Gasteiger partial charge in [0.25, 0.3) is 11.1 Å². The molecule has 2 rings (SSSR count). The van der Waals surface area contributed by atoms with E-state index in [1.807, 2.05) is 0 Å². The second-order valence-corrected chi connectivity index (χ2v) is 3.81. The van der Waals surface area contributed by atoms with E-state index in [-0.39, 0.29) is 15.6 Å². The van der Waals surface area contributed by atoms with Gasteiger partial charge in [-0.2, -0.15) is 0 Å². The van der Waals surface area contributed by atoms with Gasteiger partial charge in [0.2, 0.25) is 0 Å². The van der Waals surface area contributed by atoms with E-state index in [1.54, 1.807) is 0 Å². The summed E-state index contributed by atoms with van der Waals surface area (Å²) in [4.78, 5) is 44.0. The van der Waals surface area contributed by atoms with Crippen molar-refractivity contribution in [2.24, 2.45) is 0 Å². The molecular weight excluding hydrogens is 232 g/mol. The van der Waals surface area contributed by atoms with Gasteiger partial charge in [-0.25, -0.2) is 9.78 Å². The van der Waals surface area contributed by atoms with Crippen molar-refractivity contribution in [1.29, 1.82) is 0 Å². The van der Waals surface area contributed by atoms with E-state index in [0.717, 1.165) is 11.8 Å². The van der Waals surface area contributed by atoms with Gasteiger partial charge < -0.3 is 9.97 Å². The first-order valence-electron chi connectivity index (χ1n) is 4.20. The summed E-state index contributed by atoms with van der Waals surface area (Å²) >= 11 is 0.957. The molecule has 0 spiro atoms. The topological polar surface area (TPSA) is 111 Å². The summed E-state index contributed by atoms with van der Waals surface area (Å²) in [6.45, 7) is 0. The summed E-state index contributed by atoms with van der Waals surface area (Å²) in [7, 11) is 0. The molecule has 0 saturated carbocycles. The molecule has 0 aliphatic carbocycles. The zero-order valence-electron chi connectivity index (χ0n) is 7.81. The van der Waals surface area contributed by atoms with Gasteiger partial charge in [0.15, 0.2) is 5.16 Å². The smallest absolute Gasteiger partial charge is 0.313 e. The maximum atomic E-state index is 11.3. The molecule has 8 heteroatoms. The number of rotatable bonds is 2. The lowest BCUT2D eigenvalue weighted by Crippen LogP contribution is -2.22. The molecule has 0 aliphatic rings. The standard InChI is InChI=1S/C8H6N4O3S/c13-5-1-2-9-8(11-5)16-4-3-10-7(15)12-6(4)14/h1-3H,(H,9,11,13)(H2,10,12,14,15). The molecule has 2 aromatic heterocycles. The molecule has 0 unspecified atom stereocenters. The second kappa shape index (κ2) is 4.19. The van der Waals surface area contributed by atoms with Crippen LogP contribution in [0.1, 0.15) is 0 Å². The molecule has 7 nitrogen and oxygen atoms in total. The number of hydrogen-bond acceptors (Lipinski definition) is 5. The van der Waals surface area contributed by atoms with Gasteiger partial charge >= 0.3 is 5.69 Å². The van der Waals surface area contributed by atoms with Crippen LogP contribution in [0, 0.1) is 0 Å². The maximum absolute atomic E-state index is 11.3. The van der Waals surface area contributed by atoms with Crippen LogP contribution < -0.4 is 16.8 Å². The highest BCUT2D eigenvalue weighted by Gasteiger charge is 2.04. The minimum atomic E-state index is -0.580. The molecule has 82 valence electrons. The molecule has 2 aromatic rings. The van der Waals surface area contributed by atoms with Crippen LogP contribution in [0.2, 0.25) is 0 Å². The number of hydrogen-bond donors (Lipinski definition) is 3. The Bertz CT molecular complexity index is 671. The van der Waals surface area contributed by atoms with Crippen molar-refractivity contribution in [1.82, 2.24) is 19.9 Å². The average molecular weight is 238 g/mol. The number of aromatic amines is 3. The summed E-state index contributed by atoms with van der Waals surface area (Å²) < 4.78 is 0. The van der Waals surface area contributed by atoms with Crippen molar-refractivity contribution in [3.05, 3.63) is 49.7 Å². The normalized spacial score (nSPS) is 10.2. The van der Waals surface area contributed by atoms with E-state index in [0.29, 0.717) is 0 Å². The Kier molecular flexibility index (Phi) is 2.73. The Hall–Kier alpha value is -2.09. The first kappa shape index (κ1) is 10.4. The molecule has 0 atom stereocenters. The molecule has 0 amide bonds. The van der Waals surface area contributed by atoms with Gasteiger partial charge in [-0.05, 0) is 11.8 Å². The largest absolute Gasteiger partial charge is 0.325 e. The predicted molar refractivity (Wildman–Crippen MR) is 56.7 cm³/mol. The van der Waals surface area contributed by atoms with E-state index in [9.17, 15) is 14.4 Å². The fourth-order valence-electron chi connectivity index (χ4n) is 0.981. The lowest BCUT2D eigenvalue weighted by atomic mass is 10.7. The lowest BCUT2D eigenvalue weighted by Gasteiger charge is -1.97. The van der Waals surface area contributed by atoms with E-state index in [1.165, 1.54) is 18.5 Å². The fourth-order valence-corrected chi connectivity index (χ4v) is 1.72. The van der Waals surface area contributed by atoms with Gasteiger partial charge in [-0.3, -0.25) is 14.6 Å². The monoisotopic (exact) mass is 238 g/mol. The molecule has 0 saturated heterocycles. The van der Waals surface area contributed by atoms with Gasteiger partial charge in [0.1, 0.15) is 0 Å². The first-order valence-corrected chi connectivity index (χ1v) is 5.02. The lowest BCUT2D eigenvalue weighted by molar-refractivity contribution is 0.925.